The molecule has 2 rings (SSSR count). The molecule has 1 aliphatic rings. The van der Waals surface area contributed by atoms with Crippen LogP contribution in [0.25, 0.3) is 0 Å². The van der Waals surface area contributed by atoms with E-state index in [-0.39, 0.29) is 11.3 Å². The minimum Gasteiger partial charge on any atom is -0.474 e. The lowest BCUT2D eigenvalue weighted by Gasteiger charge is -2.03. The molecule has 5 nitrogen and oxygen atoms in total. The number of hydrogen-bond donors (Lipinski definition) is 1. The molecule has 1 heterocycles. The summed E-state index contributed by atoms with van der Waals surface area (Å²) in [5.41, 5.74) is -0.0132. The van der Waals surface area contributed by atoms with Gasteiger partial charge >= 0.3 is 11.9 Å². The number of carboxylic acids is 1. The molecule has 70 valence electrons. The molecule has 13 heavy (non-hydrogen) atoms. The summed E-state index contributed by atoms with van der Waals surface area (Å²) in [6, 6.07) is 0. The van der Waals surface area contributed by atoms with E-state index in [1.165, 1.54) is 0 Å². The fraction of sp³-hybridized carbons (Fsp3) is 0.625. The summed E-state index contributed by atoms with van der Waals surface area (Å²) in [6.07, 6.45) is 2.96. The SMILES string of the molecule is CCC1(c2nnc(C(=O)O)o2)CC1. The maximum Gasteiger partial charge on any atom is 0.393 e. The van der Waals surface area contributed by atoms with E-state index < -0.39 is 5.97 Å². The zero-order chi connectivity index (χ0) is 9.47. The lowest BCUT2D eigenvalue weighted by atomic mass is 10.0. The van der Waals surface area contributed by atoms with Crippen LogP contribution in [0.2, 0.25) is 0 Å². The van der Waals surface area contributed by atoms with Crippen molar-refractivity contribution in [3.05, 3.63) is 11.8 Å². The summed E-state index contributed by atoms with van der Waals surface area (Å²) in [7, 11) is 0. The molecule has 0 radical (unpaired) electrons. The van der Waals surface area contributed by atoms with Gasteiger partial charge in [0, 0.05) is 5.41 Å². The van der Waals surface area contributed by atoms with E-state index >= 15 is 0 Å². The fourth-order valence-electron chi connectivity index (χ4n) is 1.39. The Balaban J connectivity index is 2.28. The molecule has 0 bridgehead atoms. The fourth-order valence-corrected chi connectivity index (χ4v) is 1.39. The van der Waals surface area contributed by atoms with Crippen LogP contribution in [0.4, 0.5) is 0 Å². The number of aromatic nitrogens is 2. The Hall–Kier alpha value is -1.39. The largest absolute Gasteiger partial charge is 0.474 e. The zero-order valence-corrected chi connectivity index (χ0v) is 7.28. The maximum absolute atomic E-state index is 10.5. The quantitative estimate of drug-likeness (QED) is 0.760. The van der Waals surface area contributed by atoms with Gasteiger partial charge in [-0.3, -0.25) is 0 Å². The van der Waals surface area contributed by atoms with Crippen LogP contribution in [0.15, 0.2) is 4.42 Å². The van der Waals surface area contributed by atoms with Crippen LogP contribution in [-0.4, -0.2) is 21.3 Å². The standard InChI is InChI=1S/C8H10N2O3/c1-2-8(3-4-8)7-10-9-5(13-7)6(11)12/h2-4H2,1H3,(H,11,12). The molecule has 0 saturated heterocycles. The van der Waals surface area contributed by atoms with Gasteiger partial charge in [0.2, 0.25) is 5.89 Å². The topological polar surface area (TPSA) is 76.2 Å². The molecular formula is C8H10N2O3. The third-order valence-electron chi connectivity index (χ3n) is 2.59. The van der Waals surface area contributed by atoms with Crippen LogP contribution in [0, 0.1) is 0 Å². The van der Waals surface area contributed by atoms with Crippen LogP contribution in [-0.2, 0) is 5.41 Å². The van der Waals surface area contributed by atoms with Gasteiger partial charge in [0.25, 0.3) is 0 Å². The van der Waals surface area contributed by atoms with Crippen molar-refractivity contribution in [2.45, 2.75) is 31.6 Å². The minimum atomic E-state index is -1.16. The number of aromatic carboxylic acids is 1. The normalized spacial score (nSPS) is 18.5. The number of carbonyl (C=O) groups is 1. The molecule has 0 amide bonds. The second-order valence-corrected chi connectivity index (χ2v) is 3.35. The minimum absolute atomic E-state index is 0.0132. The predicted octanol–water partition coefficient (Wildman–Crippen LogP) is 1.21. The van der Waals surface area contributed by atoms with Crippen LogP contribution in [0.1, 0.15) is 42.8 Å². The summed E-state index contributed by atoms with van der Waals surface area (Å²) in [4.78, 5) is 10.5. The van der Waals surface area contributed by atoms with Crippen LogP contribution >= 0.6 is 0 Å². The van der Waals surface area contributed by atoms with Gasteiger partial charge in [0.05, 0.1) is 0 Å². The second kappa shape index (κ2) is 2.55. The number of rotatable bonds is 3. The third kappa shape index (κ3) is 1.20. The van der Waals surface area contributed by atoms with E-state index in [9.17, 15) is 4.79 Å². The Morgan fingerprint density at radius 3 is 2.69 bits per heavy atom. The van der Waals surface area contributed by atoms with E-state index in [1.54, 1.807) is 0 Å². The molecule has 1 N–H and O–H groups in total. The van der Waals surface area contributed by atoms with Gasteiger partial charge in [0.15, 0.2) is 0 Å². The Kier molecular flexibility index (Phi) is 1.61. The number of nitrogens with zero attached hydrogens (tertiary/aromatic N) is 2. The molecule has 0 aromatic carbocycles. The highest BCUT2D eigenvalue weighted by atomic mass is 16.4. The highest BCUT2D eigenvalue weighted by Gasteiger charge is 2.47. The third-order valence-corrected chi connectivity index (χ3v) is 2.59. The summed E-state index contributed by atoms with van der Waals surface area (Å²) < 4.78 is 5.04. The average molecular weight is 182 g/mol. The molecule has 5 heteroatoms. The van der Waals surface area contributed by atoms with Crippen molar-refractivity contribution in [3.8, 4) is 0 Å². The van der Waals surface area contributed by atoms with Crippen molar-refractivity contribution in [2.24, 2.45) is 0 Å². The monoisotopic (exact) mass is 182 g/mol. The molecule has 0 aliphatic heterocycles. The van der Waals surface area contributed by atoms with Gasteiger partial charge in [-0.2, -0.15) is 0 Å². The molecule has 0 unspecified atom stereocenters. The van der Waals surface area contributed by atoms with Crippen molar-refractivity contribution >= 4 is 5.97 Å². The number of hydrogen-bond acceptors (Lipinski definition) is 4. The highest BCUT2D eigenvalue weighted by molar-refractivity contribution is 5.81. The van der Waals surface area contributed by atoms with Gasteiger partial charge in [-0.05, 0) is 19.3 Å². The van der Waals surface area contributed by atoms with Crippen molar-refractivity contribution in [1.82, 2.24) is 10.2 Å². The summed E-state index contributed by atoms with van der Waals surface area (Å²) in [6.45, 7) is 2.04. The van der Waals surface area contributed by atoms with E-state index in [2.05, 4.69) is 10.2 Å². The van der Waals surface area contributed by atoms with Gasteiger partial charge < -0.3 is 9.52 Å². The van der Waals surface area contributed by atoms with Gasteiger partial charge in [-0.25, -0.2) is 4.79 Å². The smallest absolute Gasteiger partial charge is 0.393 e. The molecule has 1 aromatic rings. The van der Waals surface area contributed by atoms with Crippen molar-refractivity contribution in [1.29, 1.82) is 0 Å². The summed E-state index contributed by atoms with van der Waals surface area (Å²) in [5, 5.41) is 15.8. The molecule has 1 fully saturated rings. The first kappa shape index (κ1) is 8.22. The Morgan fingerprint density at radius 1 is 1.62 bits per heavy atom. The van der Waals surface area contributed by atoms with E-state index in [4.69, 9.17) is 9.52 Å². The second-order valence-electron chi connectivity index (χ2n) is 3.35. The first-order valence-corrected chi connectivity index (χ1v) is 4.25. The maximum atomic E-state index is 10.5. The molecule has 0 spiro atoms. The molecule has 0 atom stereocenters. The molecule has 1 aromatic heterocycles. The van der Waals surface area contributed by atoms with Crippen LogP contribution in [0.5, 0.6) is 0 Å². The lowest BCUT2D eigenvalue weighted by Crippen LogP contribution is -2.04. The zero-order valence-electron chi connectivity index (χ0n) is 7.28. The van der Waals surface area contributed by atoms with Gasteiger partial charge in [-0.1, -0.05) is 6.92 Å². The van der Waals surface area contributed by atoms with Crippen LogP contribution < -0.4 is 0 Å². The Labute approximate surface area is 74.8 Å². The molecule has 1 aliphatic carbocycles. The van der Waals surface area contributed by atoms with Crippen molar-refractivity contribution in [2.75, 3.05) is 0 Å². The molecule has 1 saturated carbocycles. The molecular weight excluding hydrogens is 172 g/mol. The number of carboxylic acid groups (broad SMARTS) is 1. The van der Waals surface area contributed by atoms with Crippen molar-refractivity contribution in [3.63, 3.8) is 0 Å². The Morgan fingerprint density at radius 2 is 2.31 bits per heavy atom. The van der Waals surface area contributed by atoms with Gasteiger partial charge in [-0.15, -0.1) is 10.2 Å². The average Bonchev–Trinajstić information content (AvgIpc) is 2.75. The van der Waals surface area contributed by atoms with E-state index in [1.807, 2.05) is 6.92 Å². The van der Waals surface area contributed by atoms with Crippen LogP contribution in [0.3, 0.4) is 0 Å². The predicted molar refractivity (Wildman–Crippen MR) is 42.5 cm³/mol. The van der Waals surface area contributed by atoms with E-state index in [0.29, 0.717) is 5.89 Å². The van der Waals surface area contributed by atoms with Crippen molar-refractivity contribution < 1.29 is 14.3 Å². The van der Waals surface area contributed by atoms with Gasteiger partial charge in [0.1, 0.15) is 0 Å². The van der Waals surface area contributed by atoms with E-state index in [0.717, 1.165) is 19.3 Å². The lowest BCUT2D eigenvalue weighted by molar-refractivity contribution is 0.0650. The summed E-state index contributed by atoms with van der Waals surface area (Å²) in [5.74, 6) is -0.993. The first-order chi connectivity index (χ1) is 6.18. The first-order valence-electron chi connectivity index (χ1n) is 4.25. The Bertz CT molecular complexity index is 341. The highest BCUT2D eigenvalue weighted by Crippen LogP contribution is 2.50. The summed E-state index contributed by atoms with van der Waals surface area (Å²) >= 11 is 0.